The van der Waals surface area contributed by atoms with Crippen molar-refractivity contribution in [2.24, 2.45) is 0 Å². The minimum Gasteiger partial charge on any atom is -0.494 e. The van der Waals surface area contributed by atoms with Gasteiger partial charge in [0.1, 0.15) is 5.75 Å². The summed E-state index contributed by atoms with van der Waals surface area (Å²) >= 11 is 5.18. The molecular formula is C19H25N3O2S. The third-order valence-electron chi connectivity index (χ3n) is 3.70. The molecule has 0 aromatic heterocycles. The van der Waals surface area contributed by atoms with Crippen LogP contribution >= 0.6 is 12.2 Å². The fourth-order valence-corrected chi connectivity index (χ4v) is 2.53. The van der Waals surface area contributed by atoms with Crippen molar-refractivity contribution in [3.63, 3.8) is 0 Å². The van der Waals surface area contributed by atoms with Crippen LogP contribution in [0.4, 0.5) is 5.69 Å². The second kappa shape index (κ2) is 10.5. The van der Waals surface area contributed by atoms with E-state index < -0.39 is 0 Å². The number of unbranched alkanes of at least 4 members (excludes halogenated alkanes) is 3. The minimum absolute atomic E-state index is 0.207. The zero-order valence-electron chi connectivity index (χ0n) is 14.5. The van der Waals surface area contributed by atoms with Crippen molar-refractivity contribution in [2.75, 3.05) is 18.5 Å². The fraction of sp³-hybridized carbons (Fsp3) is 0.368. The molecule has 1 aromatic rings. The van der Waals surface area contributed by atoms with E-state index in [1.165, 1.54) is 19.3 Å². The van der Waals surface area contributed by atoms with Gasteiger partial charge >= 0.3 is 0 Å². The molecule has 0 atom stereocenters. The summed E-state index contributed by atoms with van der Waals surface area (Å²) in [4.78, 5) is 12.0. The van der Waals surface area contributed by atoms with E-state index in [0.717, 1.165) is 24.5 Å². The van der Waals surface area contributed by atoms with Crippen LogP contribution in [0, 0.1) is 0 Å². The Morgan fingerprint density at radius 2 is 2.04 bits per heavy atom. The quantitative estimate of drug-likeness (QED) is 0.490. The van der Waals surface area contributed by atoms with Crippen LogP contribution in [0.1, 0.15) is 32.6 Å². The van der Waals surface area contributed by atoms with Gasteiger partial charge in [-0.15, -0.1) is 0 Å². The van der Waals surface area contributed by atoms with Crippen LogP contribution in [0.2, 0.25) is 0 Å². The summed E-state index contributed by atoms with van der Waals surface area (Å²) in [5.74, 6) is 0.628. The van der Waals surface area contributed by atoms with Crippen molar-refractivity contribution in [2.45, 2.75) is 32.6 Å². The summed E-state index contributed by atoms with van der Waals surface area (Å²) in [6.45, 7) is 3.42. The van der Waals surface area contributed by atoms with E-state index in [-0.39, 0.29) is 11.0 Å². The van der Waals surface area contributed by atoms with Crippen LogP contribution in [0.25, 0.3) is 0 Å². The number of rotatable bonds is 8. The van der Waals surface area contributed by atoms with Crippen molar-refractivity contribution in [1.29, 1.82) is 0 Å². The van der Waals surface area contributed by atoms with Gasteiger partial charge in [-0.2, -0.15) is 0 Å². The predicted molar refractivity (Wildman–Crippen MR) is 106 cm³/mol. The Morgan fingerprint density at radius 3 is 2.72 bits per heavy atom. The summed E-state index contributed by atoms with van der Waals surface area (Å²) in [7, 11) is 0. The molecule has 1 aliphatic rings. The number of benzene rings is 1. The molecule has 1 heterocycles. The highest BCUT2D eigenvalue weighted by molar-refractivity contribution is 7.80. The Morgan fingerprint density at radius 1 is 1.24 bits per heavy atom. The molecule has 0 saturated carbocycles. The number of carbonyl (C=O) groups is 1. The highest BCUT2D eigenvalue weighted by atomic mass is 32.1. The lowest BCUT2D eigenvalue weighted by Crippen LogP contribution is -2.37. The van der Waals surface area contributed by atoms with Crippen LogP contribution < -0.4 is 20.7 Å². The zero-order valence-corrected chi connectivity index (χ0v) is 15.3. The Bertz CT molecular complexity index is 639. The monoisotopic (exact) mass is 359 g/mol. The van der Waals surface area contributed by atoms with Gasteiger partial charge in [0.25, 0.3) is 5.91 Å². The number of hydrogen-bond acceptors (Lipinski definition) is 4. The van der Waals surface area contributed by atoms with E-state index in [9.17, 15) is 4.79 Å². The van der Waals surface area contributed by atoms with Crippen molar-refractivity contribution in [1.82, 2.24) is 10.6 Å². The topological polar surface area (TPSA) is 62.4 Å². The Hall–Kier alpha value is -2.34. The number of thiocarbonyl (C=S) groups is 1. The number of allylic oxidation sites excluding steroid dienone is 2. The van der Waals surface area contributed by atoms with Crippen molar-refractivity contribution < 1.29 is 9.53 Å². The summed E-state index contributed by atoms with van der Waals surface area (Å²) in [6.07, 6.45) is 10.1. The highest BCUT2D eigenvalue weighted by Gasteiger charge is 2.11. The second-order valence-corrected chi connectivity index (χ2v) is 6.18. The number of amides is 1. The summed E-state index contributed by atoms with van der Waals surface area (Å²) in [5, 5.41) is 8.93. The van der Waals surface area contributed by atoms with Crippen LogP contribution in [0.5, 0.6) is 5.75 Å². The first-order valence-corrected chi connectivity index (χ1v) is 9.04. The van der Waals surface area contributed by atoms with Gasteiger partial charge < -0.3 is 15.4 Å². The van der Waals surface area contributed by atoms with Gasteiger partial charge in [0.2, 0.25) is 0 Å². The largest absolute Gasteiger partial charge is 0.494 e. The third kappa shape index (κ3) is 6.97. The molecule has 6 heteroatoms. The molecule has 0 aliphatic carbocycles. The number of ether oxygens (including phenoxy) is 1. The van der Waals surface area contributed by atoms with E-state index in [0.29, 0.717) is 12.1 Å². The number of dihydropyridines is 1. The Balaban J connectivity index is 1.74. The maximum atomic E-state index is 12.0. The minimum atomic E-state index is -0.207. The van der Waals surface area contributed by atoms with Crippen LogP contribution in [0.15, 0.2) is 48.2 Å². The smallest absolute Gasteiger partial charge is 0.255 e. The van der Waals surface area contributed by atoms with Gasteiger partial charge in [-0.25, -0.2) is 0 Å². The van der Waals surface area contributed by atoms with Crippen molar-refractivity contribution in [3.05, 3.63) is 48.2 Å². The van der Waals surface area contributed by atoms with Gasteiger partial charge in [-0.3, -0.25) is 10.1 Å². The number of hydrogen-bond donors (Lipinski definition) is 3. The number of nitrogens with one attached hydrogen (secondary N) is 3. The maximum Gasteiger partial charge on any atom is 0.255 e. The van der Waals surface area contributed by atoms with Gasteiger partial charge in [0.15, 0.2) is 5.11 Å². The van der Waals surface area contributed by atoms with E-state index in [4.69, 9.17) is 17.0 Å². The van der Waals surface area contributed by atoms with E-state index in [2.05, 4.69) is 22.9 Å². The van der Waals surface area contributed by atoms with Crippen molar-refractivity contribution >= 4 is 28.9 Å². The molecule has 0 fully saturated rings. The lowest BCUT2D eigenvalue weighted by Gasteiger charge is -2.13. The Kier molecular flexibility index (Phi) is 7.98. The van der Waals surface area contributed by atoms with E-state index in [1.54, 1.807) is 18.4 Å². The second-order valence-electron chi connectivity index (χ2n) is 5.77. The fourth-order valence-electron chi connectivity index (χ4n) is 2.32. The number of carbonyl (C=O) groups excluding carboxylic acids is 1. The van der Waals surface area contributed by atoms with Crippen molar-refractivity contribution in [3.8, 4) is 5.75 Å². The van der Waals surface area contributed by atoms with Gasteiger partial charge in [0, 0.05) is 17.8 Å². The SMILES string of the molecule is CCCCCCOc1ccc(NC(=S)NC(=O)C2=CC=CNC2)cc1. The lowest BCUT2D eigenvalue weighted by molar-refractivity contribution is -0.116. The molecule has 3 N–H and O–H groups in total. The van der Waals surface area contributed by atoms with Gasteiger partial charge in [-0.05, 0) is 55.2 Å². The molecule has 2 rings (SSSR count). The zero-order chi connectivity index (χ0) is 17.9. The molecule has 134 valence electrons. The normalized spacial score (nSPS) is 12.8. The summed E-state index contributed by atoms with van der Waals surface area (Å²) in [6, 6.07) is 7.55. The van der Waals surface area contributed by atoms with Gasteiger partial charge in [0.05, 0.1) is 6.61 Å². The molecule has 25 heavy (non-hydrogen) atoms. The lowest BCUT2D eigenvalue weighted by atomic mass is 10.2. The van der Waals surface area contributed by atoms with Crippen LogP contribution in [-0.4, -0.2) is 24.2 Å². The molecule has 1 aromatic carbocycles. The summed E-state index contributed by atoms with van der Waals surface area (Å²) in [5.41, 5.74) is 1.44. The Labute approximate surface area is 154 Å². The van der Waals surface area contributed by atoms with Crippen LogP contribution in [-0.2, 0) is 4.79 Å². The molecule has 0 unspecified atom stereocenters. The maximum absolute atomic E-state index is 12.0. The first kappa shape index (κ1) is 19.0. The highest BCUT2D eigenvalue weighted by Crippen LogP contribution is 2.16. The molecule has 1 amide bonds. The predicted octanol–water partition coefficient (Wildman–Crippen LogP) is 3.50. The molecular weight excluding hydrogens is 334 g/mol. The number of anilines is 1. The van der Waals surface area contributed by atoms with E-state index in [1.807, 2.05) is 24.3 Å². The average molecular weight is 359 g/mol. The molecule has 5 nitrogen and oxygen atoms in total. The molecule has 1 aliphatic heterocycles. The molecule has 0 bridgehead atoms. The first-order chi connectivity index (χ1) is 12.2. The van der Waals surface area contributed by atoms with E-state index >= 15 is 0 Å². The van der Waals surface area contributed by atoms with Crippen LogP contribution in [0.3, 0.4) is 0 Å². The van der Waals surface area contributed by atoms with Gasteiger partial charge in [-0.1, -0.05) is 32.3 Å². The standard InChI is InChI=1S/C19H25N3O2S/c1-2-3-4-5-13-24-17-10-8-16(9-11-17)21-19(25)22-18(23)15-7-6-12-20-14-15/h6-12,20H,2-5,13-14H2,1H3,(H2,21,22,23,25). The molecule has 0 saturated heterocycles. The first-order valence-electron chi connectivity index (χ1n) is 8.63. The summed E-state index contributed by atoms with van der Waals surface area (Å²) < 4.78 is 5.71. The third-order valence-corrected chi connectivity index (χ3v) is 3.91. The average Bonchev–Trinajstić information content (AvgIpc) is 2.63. The molecule has 0 spiro atoms. The molecule has 0 radical (unpaired) electrons.